The van der Waals surface area contributed by atoms with Crippen LogP contribution in [0.1, 0.15) is 18.9 Å². The molecule has 0 fully saturated rings. The van der Waals surface area contributed by atoms with E-state index in [1.807, 2.05) is 6.07 Å². The smallest absolute Gasteiger partial charge is 0.306 e. The van der Waals surface area contributed by atoms with Gasteiger partial charge in [0.25, 0.3) is 0 Å². The molecule has 0 radical (unpaired) electrons. The Morgan fingerprint density at radius 3 is 2.93 bits per heavy atom. The van der Waals surface area contributed by atoms with Crippen LogP contribution in [0.5, 0.6) is 0 Å². The minimum absolute atomic E-state index is 0.178. The molecule has 3 nitrogen and oxygen atoms in total. The molecule has 0 amide bonds. The van der Waals surface area contributed by atoms with Gasteiger partial charge in [0.1, 0.15) is 5.15 Å². The Labute approximate surface area is 88.1 Å². The van der Waals surface area contributed by atoms with Crippen molar-refractivity contribution in [3.8, 4) is 0 Å². The van der Waals surface area contributed by atoms with Gasteiger partial charge in [0.2, 0.25) is 0 Å². The van der Waals surface area contributed by atoms with Crippen molar-refractivity contribution in [3.05, 3.63) is 29.0 Å². The fraction of sp³-hybridized carbons (Fsp3) is 0.400. The third-order valence-corrected chi connectivity index (χ3v) is 1.94. The van der Waals surface area contributed by atoms with Gasteiger partial charge in [-0.25, -0.2) is 4.98 Å². The second-order valence-electron chi connectivity index (χ2n) is 2.79. The third kappa shape index (κ3) is 3.75. The first kappa shape index (κ1) is 11.0. The van der Waals surface area contributed by atoms with Crippen LogP contribution in [0.4, 0.5) is 0 Å². The molecule has 0 spiro atoms. The normalized spacial score (nSPS) is 9.86. The van der Waals surface area contributed by atoms with Crippen molar-refractivity contribution in [3.63, 3.8) is 0 Å². The summed E-state index contributed by atoms with van der Waals surface area (Å²) in [5, 5.41) is 0.463. The second-order valence-corrected chi connectivity index (χ2v) is 3.18. The van der Waals surface area contributed by atoms with E-state index in [1.165, 1.54) is 0 Å². The van der Waals surface area contributed by atoms with Crippen LogP contribution >= 0.6 is 11.6 Å². The summed E-state index contributed by atoms with van der Waals surface area (Å²) < 4.78 is 4.80. The number of hydrogen-bond acceptors (Lipinski definition) is 3. The fourth-order valence-corrected chi connectivity index (χ4v) is 1.15. The van der Waals surface area contributed by atoms with Crippen molar-refractivity contribution >= 4 is 17.6 Å². The predicted molar refractivity (Wildman–Crippen MR) is 54.2 cm³/mol. The molecule has 0 N–H and O–H groups in total. The molecule has 0 saturated heterocycles. The summed E-state index contributed by atoms with van der Waals surface area (Å²) in [6.07, 6.45) is 2.70. The Balaban J connectivity index is 2.38. The monoisotopic (exact) mass is 213 g/mol. The van der Waals surface area contributed by atoms with Crippen LogP contribution in [0, 0.1) is 0 Å². The van der Waals surface area contributed by atoms with Crippen molar-refractivity contribution in [2.24, 2.45) is 0 Å². The van der Waals surface area contributed by atoms with Gasteiger partial charge >= 0.3 is 5.97 Å². The molecule has 1 aromatic rings. The molecule has 0 aliphatic rings. The molecule has 0 unspecified atom stereocenters. The minimum Gasteiger partial charge on any atom is -0.466 e. The van der Waals surface area contributed by atoms with Crippen molar-refractivity contribution in [1.29, 1.82) is 0 Å². The number of carbonyl (C=O) groups excluding carboxylic acids is 1. The second kappa shape index (κ2) is 5.60. The summed E-state index contributed by atoms with van der Waals surface area (Å²) in [6, 6.07) is 3.57. The zero-order chi connectivity index (χ0) is 10.4. The number of pyridine rings is 1. The van der Waals surface area contributed by atoms with Crippen molar-refractivity contribution < 1.29 is 9.53 Å². The van der Waals surface area contributed by atoms with Crippen LogP contribution in [0.15, 0.2) is 18.3 Å². The van der Waals surface area contributed by atoms with Gasteiger partial charge in [-0.2, -0.15) is 0 Å². The molecule has 0 aromatic carbocycles. The summed E-state index contributed by atoms with van der Waals surface area (Å²) in [4.78, 5) is 14.9. The van der Waals surface area contributed by atoms with E-state index in [1.54, 1.807) is 19.2 Å². The third-order valence-electron chi connectivity index (χ3n) is 1.71. The number of rotatable bonds is 4. The quantitative estimate of drug-likeness (QED) is 0.569. The highest BCUT2D eigenvalue weighted by molar-refractivity contribution is 6.29. The van der Waals surface area contributed by atoms with Crippen molar-refractivity contribution in [2.45, 2.75) is 19.8 Å². The van der Waals surface area contributed by atoms with E-state index in [-0.39, 0.29) is 5.97 Å². The van der Waals surface area contributed by atoms with E-state index in [9.17, 15) is 4.79 Å². The van der Waals surface area contributed by atoms with Crippen LogP contribution < -0.4 is 0 Å². The Kier molecular flexibility index (Phi) is 4.40. The van der Waals surface area contributed by atoms with E-state index in [2.05, 4.69) is 4.98 Å². The molecule has 0 saturated carbocycles. The summed E-state index contributed by atoms with van der Waals surface area (Å²) in [6.45, 7) is 2.22. The van der Waals surface area contributed by atoms with Gasteiger partial charge in [0, 0.05) is 12.6 Å². The lowest BCUT2D eigenvalue weighted by molar-refractivity contribution is -0.143. The highest BCUT2D eigenvalue weighted by Crippen LogP contribution is 2.07. The largest absolute Gasteiger partial charge is 0.466 e. The minimum atomic E-state index is -0.178. The molecule has 1 heterocycles. The Morgan fingerprint density at radius 1 is 1.57 bits per heavy atom. The maximum absolute atomic E-state index is 11.0. The zero-order valence-electron chi connectivity index (χ0n) is 8.00. The van der Waals surface area contributed by atoms with Crippen molar-refractivity contribution in [1.82, 2.24) is 4.98 Å². The van der Waals surface area contributed by atoms with E-state index in [0.717, 1.165) is 5.56 Å². The molecule has 4 heteroatoms. The molecule has 14 heavy (non-hydrogen) atoms. The summed E-state index contributed by atoms with van der Waals surface area (Å²) in [5.74, 6) is -0.178. The number of ether oxygens (including phenoxy) is 1. The summed E-state index contributed by atoms with van der Waals surface area (Å²) in [5.41, 5.74) is 0.988. The number of aromatic nitrogens is 1. The van der Waals surface area contributed by atoms with Gasteiger partial charge in [-0.15, -0.1) is 0 Å². The number of hydrogen-bond donors (Lipinski definition) is 0. The van der Waals surface area contributed by atoms with Gasteiger partial charge in [0.05, 0.1) is 6.61 Å². The molecule has 0 aliphatic carbocycles. The molecule has 0 aliphatic heterocycles. The standard InChI is InChI=1S/C10H12ClNO2/c1-2-14-10(13)6-4-8-3-5-9(11)12-7-8/h3,5,7H,2,4,6H2,1H3. The maximum atomic E-state index is 11.0. The SMILES string of the molecule is CCOC(=O)CCc1ccc(Cl)nc1. The molecule has 0 atom stereocenters. The average Bonchev–Trinajstić information content (AvgIpc) is 2.17. The Hall–Kier alpha value is -1.09. The highest BCUT2D eigenvalue weighted by Gasteiger charge is 2.02. The number of esters is 1. The first-order chi connectivity index (χ1) is 6.72. The van der Waals surface area contributed by atoms with Crippen LogP contribution in [0.25, 0.3) is 0 Å². The molecular formula is C10H12ClNO2. The Bertz CT molecular complexity index is 297. The molecule has 0 bridgehead atoms. The molecular weight excluding hydrogens is 202 g/mol. The summed E-state index contributed by atoms with van der Waals surface area (Å²) >= 11 is 5.62. The predicted octanol–water partition coefficient (Wildman–Crippen LogP) is 2.23. The van der Waals surface area contributed by atoms with Gasteiger partial charge in [-0.3, -0.25) is 4.79 Å². The van der Waals surface area contributed by atoms with Crippen LogP contribution in [-0.2, 0) is 16.0 Å². The van der Waals surface area contributed by atoms with E-state index >= 15 is 0 Å². The van der Waals surface area contributed by atoms with Gasteiger partial charge in [-0.1, -0.05) is 17.7 Å². The molecule has 76 valence electrons. The van der Waals surface area contributed by atoms with Gasteiger partial charge in [-0.05, 0) is 25.0 Å². The number of halogens is 1. The number of nitrogens with zero attached hydrogens (tertiary/aromatic N) is 1. The summed E-state index contributed by atoms with van der Waals surface area (Å²) in [7, 11) is 0. The molecule has 1 rings (SSSR count). The van der Waals surface area contributed by atoms with Crippen LogP contribution in [0.2, 0.25) is 5.15 Å². The zero-order valence-corrected chi connectivity index (χ0v) is 8.75. The van der Waals surface area contributed by atoms with E-state index in [4.69, 9.17) is 16.3 Å². The van der Waals surface area contributed by atoms with Crippen LogP contribution in [-0.4, -0.2) is 17.6 Å². The first-order valence-corrected chi connectivity index (χ1v) is 4.86. The van der Waals surface area contributed by atoms with Crippen molar-refractivity contribution in [2.75, 3.05) is 6.61 Å². The lowest BCUT2D eigenvalue weighted by Crippen LogP contribution is -2.05. The van der Waals surface area contributed by atoms with Crippen LogP contribution in [0.3, 0.4) is 0 Å². The fourth-order valence-electron chi connectivity index (χ4n) is 1.03. The maximum Gasteiger partial charge on any atom is 0.306 e. The Morgan fingerprint density at radius 2 is 2.36 bits per heavy atom. The first-order valence-electron chi connectivity index (χ1n) is 4.48. The van der Waals surface area contributed by atoms with E-state index < -0.39 is 0 Å². The average molecular weight is 214 g/mol. The lowest BCUT2D eigenvalue weighted by atomic mass is 10.2. The van der Waals surface area contributed by atoms with E-state index in [0.29, 0.717) is 24.6 Å². The number of carbonyl (C=O) groups is 1. The molecule has 1 aromatic heterocycles. The number of aryl methyl sites for hydroxylation is 1. The van der Waals surface area contributed by atoms with Gasteiger partial charge < -0.3 is 4.74 Å². The highest BCUT2D eigenvalue weighted by atomic mass is 35.5. The topological polar surface area (TPSA) is 39.2 Å². The lowest BCUT2D eigenvalue weighted by Gasteiger charge is -2.01. The van der Waals surface area contributed by atoms with Gasteiger partial charge in [0.15, 0.2) is 0 Å².